The highest BCUT2D eigenvalue weighted by molar-refractivity contribution is 5.81. The van der Waals surface area contributed by atoms with Gasteiger partial charge in [-0.1, -0.05) is 24.3 Å². The van der Waals surface area contributed by atoms with Gasteiger partial charge in [0.1, 0.15) is 0 Å². The van der Waals surface area contributed by atoms with Gasteiger partial charge in [0.05, 0.1) is 11.6 Å². The van der Waals surface area contributed by atoms with Crippen molar-refractivity contribution in [3.63, 3.8) is 0 Å². The van der Waals surface area contributed by atoms with Crippen LogP contribution >= 0.6 is 0 Å². The molecule has 0 spiro atoms. The molecule has 0 amide bonds. The predicted octanol–water partition coefficient (Wildman–Crippen LogP) is 2.50. The Morgan fingerprint density at radius 3 is 3.06 bits per heavy atom. The maximum absolute atomic E-state index is 5.56. The SMILES string of the molecule is CC1OCCC1NCc1cccc2cccnc12. The van der Waals surface area contributed by atoms with Gasteiger partial charge in [0.15, 0.2) is 0 Å². The summed E-state index contributed by atoms with van der Waals surface area (Å²) < 4.78 is 5.56. The maximum atomic E-state index is 5.56. The van der Waals surface area contributed by atoms with Crippen LogP contribution in [0.4, 0.5) is 0 Å². The summed E-state index contributed by atoms with van der Waals surface area (Å²) >= 11 is 0. The van der Waals surface area contributed by atoms with E-state index in [-0.39, 0.29) is 0 Å². The second-order valence-corrected chi connectivity index (χ2v) is 4.84. The molecule has 2 heterocycles. The molecule has 1 aromatic carbocycles. The van der Waals surface area contributed by atoms with Crippen molar-refractivity contribution in [2.45, 2.75) is 32.0 Å². The van der Waals surface area contributed by atoms with Gasteiger partial charge in [-0.2, -0.15) is 0 Å². The molecule has 3 nitrogen and oxygen atoms in total. The minimum atomic E-state index is 0.313. The number of fused-ring (bicyclic) bond motifs is 1. The zero-order valence-corrected chi connectivity index (χ0v) is 10.6. The Morgan fingerprint density at radius 1 is 1.33 bits per heavy atom. The standard InChI is InChI=1S/C15H18N2O/c1-11-14(7-9-18-11)17-10-13-5-2-4-12-6-3-8-16-15(12)13/h2-6,8,11,14,17H,7,9-10H2,1H3. The highest BCUT2D eigenvalue weighted by Gasteiger charge is 2.23. The fourth-order valence-corrected chi connectivity index (χ4v) is 2.55. The van der Waals surface area contributed by atoms with Crippen LogP contribution in [-0.2, 0) is 11.3 Å². The van der Waals surface area contributed by atoms with Crippen molar-refractivity contribution in [1.29, 1.82) is 0 Å². The average molecular weight is 242 g/mol. The third-order valence-electron chi connectivity index (χ3n) is 3.65. The summed E-state index contributed by atoms with van der Waals surface area (Å²) in [4.78, 5) is 4.47. The summed E-state index contributed by atoms with van der Waals surface area (Å²) in [6.07, 6.45) is 3.26. The molecule has 1 aliphatic heterocycles. The van der Waals surface area contributed by atoms with Crippen LogP contribution in [0, 0.1) is 0 Å². The first kappa shape index (κ1) is 11.6. The molecular weight excluding hydrogens is 224 g/mol. The van der Waals surface area contributed by atoms with Crippen molar-refractivity contribution in [3.8, 4) is 0 Å². The molecule has 3 heteroatoms. The van der Waals surface area contributed by atoms with E-state index >= 15 is 0 Å². The Hall–Kier alpha value is -1.45. The third kappa shape index (κ3) is 2.24. The molecule has 1 aliphatic rings. The molecule has 1 saturated heterocycles. The normalized spacial score (nSPS) is 23.6. The average Bonchev–Trinajstić information content (AvgIpc) is 2.82. The van der Waals surface area contributed by atoms with Gasteiger partial charge in [0, 0.05) is 30.8 Å². The molecular formula is C15H18N2O. The van der Waals surface area contributed by atoms with Crippen molar-refractivity contribution in [1.82, 2.24) is 10.3 Å². The van der Waals surface area contributed by atoms with E-state index in [0.717, 1.165) is 25.1 Å². The van der Waals surface area contributed by atoms with E-state index in [0.29, 0.717) is 12.1 Å². The quantitative estimate of drug-likeness (QED) is 0.898. The van der Waals surface area contributed by atoms with Gasteiger partial charge in [0.25, 0.3) is 0 Å². The van der Waals surface area contributed by atoms with E-state index in [1.807, 2.05) is 12.3 Å². The van der Waals surface area contributed by atoms with Gasteiger partial charge >= 0.3 is 0 Å². The minimum Gasteiger partial charge on any atom is -0.377 e. The lowest BCUT2D eigenvalue weighted by atomic mass is 10.1. The van der Waals surface area contributed by atoms with Gasteiger partial charge in [-0.3, -0.25) is 4.98 Å². The van der Waals surface area contributed by atoms with Crippen LogP contribution in [0.25, 0.3) is 10.9 Å². The van der Waals surface area contributed by atoms with Gasteiger partial charge < -0.3 is 10.1 Å². The van der Waals surface area contributed by atoms with Gasteiger partial charge in [-0.25, -0.2) is 0 Å². The molecule has 1 aromatic heterocycles. The molecule has 18 heavy (non-hydrogen) atoms. The maximum Gasteiger partial charge on any atom is 0.0746 e. The zero-order valence-electron chi connectivity index (χ0n) is 10.6. The summed E-state index contributed by atoms with van der Waals surface area (Å²) in [5, 5.41) is 4.78. The summed E-state index contributed by atoms with van der Waals surface area (Å²) in [6, 6.07) is 10.9. The Labute approximate surface area is 107 Å². The van der Waals surface area contributed by atoms with Crippen LogP contribution < -0.4 is 5.32 Å². The molecule has 0 aliphatic carbocycles. The molecule has 0 radical (unpaired) electrons. The molecule has 0 saturated carbocycles. The number of pyridine rings is 1. The van der Waals surface area contributed by atoms with Crippen LogP contribution in [-0.4, -0.2) is 23.7 Å². The lowest BCUT2D eigenvalue weighted by molar-refractivity contribution is 0.113. The number of nitrogens with zero attached hydrogens (tertiary/aromatic N) is 1. The van der Waals surface area contributed by atoms with E-state index < -0.39 is 0 Å². The number of hydrogen-bond acceptors (Lipinski definition) is 3. The molecule has 1 N–H and O–H groups in total. The molecule has 94 valence electrons. The summed E-state index contributed by atoms with van der Waals surface area (Å²) in [5.41, 5.74) is 2.35. The molecule has 1 fully saturated rings. The predicted molar refractivity (Wildman–Crippen MR) is 72.4 cm³/mol. The summed E-state index contributed by atoms with van der Waals surface area (Å²) in [6.45, 7) is 3.85. The smallest absolute Gasteiger partial charge is 0.0746 e. The first-order valence-electron chi connectivity index (χ1n) is 6.52. The number of aromatic nitrogens is 1. The summed E-state index contributed by atoms with van der Waals surface area (Å²) in [5.74, 6) is 0. The molecule has 3 rings (SSSR count). The molecule has 2 unspecified atom stereocenters. The molecule has 0 bridgehead atoms. The van der Waals surface area contributed by atoms with Gasteiger partial charge in [0.2, 0.25) is 0 Å². The van der Waals surface area contributed by atoms with E-state index in [9.17, 15) is 0 Å². The number of hydrogen-bond donors (Lipinski definition) is 1. The van der Waals surface area contributed by atoms with E-state index in [4.69, 9.17) is 4.74 Å². The van der Waals surface area contributed by atoms with Crippen LogP contribution in [0.3, 0.4) is 0 Å². The Bertz CT molecular complexity index is 536. The van der Waals surface area contributed by atoms with Crippen LogP contribution in [0.5, 0.6) is 0 Å². The lowest BCUT2D eigenvalue weighted by Crippen LogP contribution is -2.34. The number of nitrogens with one attached hydrogen (secondary N) is 1. The Balaban J connectivity index is 1.78. The van der Waals surface area contributed by atoms with Crippen LogP contribution in [0.1, 0.15) is 18.9 Å². The summed E-state index contributed by atoms with van der Waals surface area (Å²) in [7, 11) is 0. The van der Waals surface area contributed by atoms with Crippen LogP contribution in [0.15, 0.2) is 36.5 Å². The number of rotatable bonds is 3. The van der Waals surface area contributed by atoms with Crippen LogP contribution in [0.2, 0.25) is 0 Å². The number of para-hydroxylation sites is 1. The van der Waals surface area contributed by atoms with Gasteiger partial charge in [-0.15, -0.1) is 0 Å². The fraction of sp³-hybridized carbons (Fsp3) is 0.400. The zero-order chi connectivity index (χ0) is 12.4. The topological polar surface area (TPSA) is 34.1 Å². The minimum absolute atomic E-state index is 0.313. The monoisotopic (exact) mass is 242 g/mol. The highest BCUT2D eigenvalue weighted by Crippen LogP contribution is 2.17. The van der Waals surface area contributed by atoms with Crippen molar-refractivity contribution < 1.29 is 4.74 Å². The second-order valence-electron chi connectivity index (χ2n) is 4.84. The molecule has 2 aromatic rings. The lowest BCUT2D eigenvalue weighted by Gasteiger charge is -2.16. The Morgan fingerprint density at radius 2 is 2.22 bits per heavy atom. The third-order valence-corrected chi connectivity index (χ3v) is 3.65. The van der Waals surface area contributed by atoms with E-state index in [1.165, 1.54) is 10.9 Å². The van der Waals surface area contributed by atoms with E-state index in [1.54, 1.807) is 0 Å². The first-order chi connectivity index (χ1) is 8.84. The van der Waals surface area contributed by atoms with Crippen molar-refractivity contribution >= 4 is 10.9 Å². The van der Waals surface area contributed by atoms with Crippen molar-refractivity contribution in [2.75, 3.05) is 6.61 Å². The van der Waals surface area contributed by atoms with E-state index in [2.05, 4.69) is 41.5 Å². The first-order valence-corrected chi connectivity index (χ1v) is 6.52. The fourth-order valence-electron chi connectivity index (χ4n) is 2.55. The van der Waals surface area contributed by atoms with Crippen molar-refractivity contribution in [3.05, 3.63) is 42.1 Å². The Kier molecular flexibility index (Phi) is 3.26. The van der Waals surface area contributed by atoms with Crippen molar-refractivity contribution in [2.24, 2.45) is 0 Å². The second kappa shape index (κ2) is 5.04. The highest BCUT2D eigenvalue weighted by atomic mass is 16.5. The largest absolute Gasteiger partial charge is 0.377 e. The number of benzene rings is 1. The molecule has 2 atom stereocenters. The number of ether oxygens (including phenoxy) is 1. The van der Waals surface area contributed by atoms with Gasteiger partial charge in [-0.05, 0) is 25.0 Å².